The third-order valence-corrected chi connectivity index (χ3v) is 6.27. The zero-order valence-electron chi connectivity index (χ0n) is 15.9. The number of furan rings is 1. The van der Waals surface area contributed by atoms with Crippen LogP contribution < -0.4 is 10.2 Å². The second kappa shape index (κ2) is 8.37. The quantitative estimate of drug-likeness (QED) is 0.758. The van der Waals surface area contributed by atoms with Crippen molar-refractivity contribution < 1.29 is 24.2 Å². The van der Waals surface area contributed by atoms with Gasteiger partial charge in [0.2, 0.25) is 0 Å². The van der Waals surface area contributed by atoms with E-state index >= 15 is 0 Å². The second-order valence-corrected chi connectivity index (χ2v) is 7.88. The zero-order chi connectivity index (χ0) is 17.7. The first-order chi connectivity index (χ1) is 12.1. The molecule has 25 heavy (non-hydrogen) atoms. The third kappa shape index (κ3) is 4.26. The minimum Gasteiger partial charge on any atom is -0.465 e. The van der Waals surface area contributed by atoms with Crippen molar-refractivity contribution in [1.29, 1.82) is 0 Å². The fourth-order valence-corrected chi connectivity index (χ4v) is 4.89. The molecule has 0 unspecified atom stereocenters. The van der Waals surface area contributed by atoms with Gasteiger partial charge < -0.3 is 19.4 Å². The molecule has 1 aliphatic carbocycles. The van der Waals surface area contributed by atoms with Gasteiger partial charge in [-0.25, -0.2) is 4.79 Å². The Hall–Kier alpha value is -1.33. The first-order valence-electron chi connectivity index (χ1n) is 9.99. The standard InChI is InChI=1S/C20H32N2O3/c1-16-18(19(23)24-2)13-17(25-16)14-21-15-20(9-5-3-6-10-20)22-11-7-4-8-12-22/h13,21H,3-12,14-15H2,1-2H3/p+2. The van der Waals surface area contributed by atoms with Crippen LogP contribution in [0.1, 0.15) is 73.2 Å². The van der Waals surface area contributed by atoms with Crippen molar-refractivity contribution in [2.45, 2.75) is 70.4 Å². The van der Waals surface area contributed by atoms with Crippen molar-refractivity contribution in [3.05, 3.63) is 23.2 Å². The number of hydrogen-bond acceptors (Lipinski definition) is 3. The van der Waals surface area contributed by atoms with Gasteiger partial charge in [0, 0.05) is 18.9 Å². The second-order valence-electron chi connectivity index (χ2n) is 7.88. The molecule has 1 saturated carbocycles. The number of hydrogen-bond donors (Lipinski definition) is 2. The lowest BCUT2D eigenvalue weighted by Gasteiger charge is -2.43. The average molecular weight is 351 g/mol. The fourth-order valence-electron chi connectivity index (χ4n) is 4.89. The van der Waals surface area contributed by atoms with Gasteiger partial charge in [-0.2, -0.15) is 0 Å². The van der Waals surface area contributed by atoms with Crippen LogP contribution in [0.5, 0.6) is 0 Å². The van der Waals surface area contributed by atoms with Gasteiger partial charge in [-0.3, -0.25) is 0 Å². The van der Waals surface area contributed by atoms with Gasteiger partial charge in [-0.15, -0.1) is 0 Å². The molecule has 3 rings (SSSR count). The molecule has 1 aromatic heterocycles. The van der Waals surface area contributed by atoms with E-state index in [1.54, 1.807) is 0 Å². The molecule has 2 heterocycles. The van der Waals surface area contributed by atoms with Crippen LogP contribution in [0.3, 0.4) is 0 Å². The number of quaternary nitrogens is 2. The van der Waals surface area contributed by atoms with E-state index in [9.17, 15) is 4.79 Å². The SMILES string of the molecule is COC(=O)c1cc(C[NH2+]CC2([NH+]3CCCCC3)CCCCC2)oc1C. The van der Waals surface area contributed by atoms with E-state index in [2.05, 4.69) is 5.32 Å². The topological polar surface area (TPSA) is 60.5 Å². The van der Waals surface area contributed by atoms with Gasteiger partial charge in [0.05, 0.1) is 20.2 Å². The normalized spacial score (nSPS) is 21.2. The Morgan fingerprint density at radius 2 is 1.88 bits per heavy atom. The maximum Gasteiger partial charge on any atom is 0.341 e. The van der Waals surface area contributed by atoms with Crippen molar-refractivity contribution >= 4 is 5.97 Å². The number of carbonyl (C=O) groups is 1. The Morgan fingerprint density at radius 3 is 2.56 bits per heavy atom. The van der Waals surface area contributed by atoms with Gasteiger partial charge in [-0.05, 0) is 39.0 Å². The Labute approximate surface area is 151 Å². The molecule has 0 atom stereocenters. The molecule has 1 saturated heterocycles. The molecule has 1 aliphatic heterocycles. The highest BCUT2D eigenvalue weighted by Gasteiger charge is 2.43. The lowest BCUT2D eigenvalue weighted by molar-refractivity contribution is -0.973. The molecule has 0 spiro atoms. The van der Waals surface area contributed by atoms with Crippen molar-refractivity contribution in [3.63, 3.8) is 0 Å². The number of rotatable bonds is 6. The van der Waals surface area contributed by atoms with Crippen LogP contribution in [0.2, 0.25) is 0 Å². The Kier molecular flexibility index (Phi) is 6.18. The smallest absolute Gasteiger partial charge is 0.341 e. The molecule has 2 aliphatic rings. The van der Waals surface area contributed by atoms with Gasteiger partial charge in [0.1, 0.15) is 30.0 Å². The number of methoxy groups -OCH3 is 1. The molecule has 2 fully saturated rings. The van der Waals surface area contributed by atoms with Crippen molar-refractivity contribution in [1.82, 2.24) is 0 Å². The Morgan fingerprint density at radius 1 is 1.20 bits per heavy atom. The summed E-state index contributed by atoms with van der Waals surface area (Å²) in [5.41, 5.74) is 1.01. The molecular weight excluding hydrogens is 316 g/mol. The van der Waals surface area contributed by atoms with Crippen molar-refractivity contribution in [2.75, 3.05) is 26.7 Å². The van der Waals surface area contributed by atoms with Crippen LogP contribution in [0, 0.1) is 6.92 Å². The van der Waals surface area contributed by atoms with Crippen molar-refractivity contribution in [2.24, 2.45) is 0 Å². The highest BCUT2D eigenvalue weighted by atomic mass is 16.5. The summed E-state index contributed by atoms with van der Waals surface area (Å²) in [6.45, 7) is 6.49. The van der Waals surface area contributed by atoms with Crippen molar-refractivity contribution in [3.8, 4) is 0 Å². The molecule has 0 bridgehead atoms. The number of nitrogens with two attached hydrogens (primary N) is 1. The monoisotopic (exact) mass is 350 g/mol. The molecule has 5 nitrogen and oxygen atoms in total. The van der Waals surface area contributed by atoms with E-state index in [-0.39, 0.29) is 5.97 Å². The number of carbonyl (C=O) groups excluding carboxylic acids is 1. The van der Waals surface area contributed by atoms with Crippen LogP contribution in [0.25, 0.3) is 0 Å². The molecule has 0 amide bonds. The molecule has 5 heteroatoms. The van der Waals surface area contributed by atoms with Gasteiger partial charge in [-0.1, -0.05) is 6.42 Å². The molecule has 3 N–H and O–H groups in total. The van der Waals surface area contributed by atoms with E-state index in [0.29, 0.717) is 16.9 Å². The van der Waals surface area contributed by atoms with Gasteiger partial charge in [0.25, 0.3) is 0 Å². The minimum absolute atomic E-state index is 0.311. The predicted molar refractivity (Wildman–Crippen MR) is 95.6 cm³/mol. The lowest BCUT2D eigenvalue weighted by atomic mass is 9.79. The first kappa shape index (κ1) is 18.5. The summed E-state index contributed by atoms with van der Waals surface area (Å²) in [5.74, 6) is 1.22. The van der Waals surface area contributed by atoms with Crippen LogP contribution in [0.4, 0.5) is 0 Å². The molecule has 0 aromatic carbocycles. The first-order valence-corrected chi connectivity index (χ1v) is 9.99. The summed E-state index contributed by atoms with van der Waals surface area (Å²) >= 11 is 0. The highest BCUT2D eigenvalue weighted by Crippen LogP contribution is 2.25. The number of piperidine rings is 1. The molecule has 0 radical (unpaired) electrons. The summed E-state index contributed by atoms with van der Waals surface area (Å²) in [6.07, 6.45) is 11.1. The Bertz CT molecular complexity index is 569. The number of aryl methyl sites for hydroxylation is 1. The van der Waals surface area contributed by atoms with Crippen LogP contribution in [-0.4, -0.2) is 38.3 Å². The zero-order valence-corrected chi connectivity index (χ0v) is 15.9. The van der Waals surface area contributed by atoms with Gasteiger partial charge >= 0.3 is 5.97 Å². The predicted octanol–water partition coefficient (Wildman–Crippen LogP) is 1.21. The largest absolute Gasteiger partial charge is 0.465 e. The fraction of sp³-hybridized carbons (Fsp3) is 0.750. The summed E-state index contributed by atoms with van der Waals surface area (Å²) < 4.78 is 10.6. The summed E-state index contributed by atoms with van der Waals surface area (Å²) in [7, 11) is 1.41. The number of nitrogens with one attached hydrogen (secondary N) is 1. The van der Waals surface area contributed by atoms with Crippen LogP contribution in [0.15, 0.2) is 10.5 Å². The molecule has 140 valence electrons. The summed E-state index contributed by atoms with van der Waals surface area (Å²) in [6, 6.07) is 1.85. The molecular formula is C20H34N2O3+2. The third-order valence-electron chi connectivity index (χ3n) is 6.27. The maximum absolute atomic E-state index is 11.7. The average Bonchev–Trinajstić information content (AvgIpc) is 3.03. The highest BCUT2D eigenvalue weighted by molar-refractivity contribution is 5.90. The minimum atomic E-state index is -0.311. The van der Waals surface area contributed by atoms with Gasteiger partial charge in [0.15, 0.2) is 5.76 Å². The number of esters is 1. The lowest BCUT2D eigenvalue weighted by Crippen LogP contribution is -3.23. The summed E-state index contributed by atoms with van der Waals surface area (Å²) in [5, 5.41) is 2.40. The van der Waals surface area contributed by atoms with E-state index in [4.69, 9.17) is 9.15 Å². The summed E-state index contributed by atoms with van der Waals surface area (Å²) in [4.78, 5) is 13.6. The molecule has 1 aromatic rings. The van der Waals surface area contributed by atoms with E-state index < -0.39 is 0 Å². The van der Waals surface area contributed by atoms with Crippen LogP contribution >= 0.6 is 0 Å². The number of likely N-dealkylation sites (tertiary alicyclic amines) is 1. The number of ether oxygens (including phenoxy) is 1. The Balaban J connectivity index is 1.61. The van der Waals surface area contributed by atoms with E-state index in [0.717, 1.165) is 18.8 Å². The van der Waals surface area contributed by atoms with E-state index in [1.165, 1.54) is 71.6 Å². The van der Waals surface area contributed by atoms with E-state index in [1.807, 2.05) is 17.9 Å². The van der Waals surface area contributed by atoms with Crippen LogP contribution in [-0.2, 0) is 11.3 Å². The maximum atomic E-state index is 11.7.